The van der Waals surface area contributed by atoms with Crippen LogP contribution in [0.25, 0.3) is 0 Å². The molecule has 5 heteroatoms. The average molecular weight is 233 g/mol. The van der Waals surface area contributed by atoms with E-state index in [-0.39, 0.29) is 5.69 Å². The van der Waals surface area contributed by atoms with Crippen molar-refractivity contribution in [2.24, 2.45) is 7.05 Å². The van der Waals surface area contributed by atoms with E-state index in [1.807, 2.05) is 0 Å². The van der Waals surface area contributed by atoms with Crippen LogP contribution in [0.3, 0.4) is 0 Å². The standard InChI is InChI=1S/C12H15N3O2/c1-3-17-11(16)10-9(7-15(2)14-10)12(8-13)5-4-6-12/h7H,3-6H2,1-2H3. The van der Waals surface area contributed by atoms with Crippen molar-refractivity contribution >= 4 is 5.97 Å². The van der Waals surface area contributed by atoms with Gasteiger partial charge in [0.15, 0.2) is 5.69 Å². The molecule has 0 unspecified atom stereocenters. The van der Waals surface area contributed by atoms with Crippen molar-refractivity contribution in [1.82, 2.24) is 9.78 Å². The van der Waals surface area contributed by atoms with Gasteiger partial charge >= 0.3 is 5.97 Å². The summed E-state index contributed by atoms with van der Waals surface area (Å²) >= 11 is 0. The number of nitriles is 1. The van der Waals surface area contributed by atoms with Crippen LogP contribution >= 0.6 is 0 Å². The van der Waals surface area contributed by atoms with E-state index >= 15 is 0 Å². The Labute approximate surface area is 100.0 Å². The Hall–Kier alpha value is -1.83. The molecule has 5 nitrogen and oxygen atoms in total. The van der Waals surface area contributed by atoms with Gasteiger partial charge in [0.1, 0.15) is 0 Å². The third-order valence-corrected chi connectivity index (χ3v) is 3.23. The van der Waals surface area contributed by atoms with Crippen molar-refractivity contribution < 1.29 is 9.53 Å². The largest absolute Gasteiger partial charge is 0.461 e. The van der Waals surface area contributed by atoms with E-state index in [4.69, 9.17) is 4.74 Å². The summed E-state index contributed by atoms with van der Waals surface area (Å²) in [6, 6.07) is 2.32. The second-order valence-corrected chi connectivity index (χ2v) is 4.33. The predicted molar refractivity (Wildman–Crippen MR) is 60.3 cm³/mol. The molecule has 0 bridgehead atoms. The van der Waals surface area contributed by atoms with E-state index in [1.54, 1.807) is 24.9 Å². The molecule has 1 saturated carbocycles. The van der Waals surface area contributed by atoms with Crippen LogP contribution in [0.15, 0.2) is 6.20 Å². The summed E-state index contributed by atoms with van der Waals surface area (Å²) in [7, 11) is 1.75. The number of ether oxygens (including phenoxy) is 1. The summed E-state index contributed by atoms with van der Waals surface area (Å²) in [4.78, 5) is 11.8. The number of hydrogen-bond acceptors (Lipinski definition) is 4. The van der Waals surface area contributed by atoms with Gasteiger partial charge in [-0.1, -0.05) is 0 Å². The number of aromatic nitrogens is 2. The van der Waals surface area contributed by atoms with Crippen molar-refractivity contribution in [2.45, 2.75) is 31.6 Å². The number of aryl methyl sites for hydroxylation is 1. The Bertz CT molecular complexity index is 480. The Morgan fingerprint density at radius 2 is 2.41 bits per heavy atom. The molecule has 0 aliphatic heterocycles. The van der Waals surface area contributed by atoms with Gasteiger partial charge in [-0.2, -0.15) is 10.4 Å². The lowest BCUT2D eigenvalue weighted by Gasteiger charge is -2.34. The molecule has 0 N–H and O–H groups in total. The van der Waals surface area contributed by atoms with Gasteiger partial charge in [-0.3, -0.25) is 4.68 Å². The summed E-state index contributed by atoms with van der Waals surface area (Å²) in [5.74, 6) is -0.440. The first-order chi connectivity index (χ1) is 8.13. The third-order valence-electron chi connectivity index (χ3n) is 3.23. The molecular formula is C12H15N3O2. The first-order valence-corrected chi connectivity index (χ1v) is 5.75. The molecule has 1 fully saturated rings. The summed E-state index contributed by atoms with van der Waals surface area (Å²) in [5.41, 5.74) is 0.471. The molecule has 0 spiro atoms. The molecule has 0 aromatic carbocycles. The minimum absolute atomic E-state index is 0.288. The Morgan fingerprint density at radius 3 is 2.88 bits per heavy atom. The number of rotatable bonds is 3. The van der Waals surface area contributed by atoms with Crippen molar-refractivity contribution in [2.75, 3.05) is 6.61 Å². The summed E-state index contributed by atoms with van der Waals surface area (Å²) in [6.07, 6.45) is 4.36. The molecule has 1 aliphatic carbocycles. The van der Waals surface area contributed by atoms with Crippen LogP contribution in [-0.4, -0.2) is 22.4 Å². The van der Waals surface area contributed by atoms with E-state index in [0.29, 0.717) is 12.2 Å². The van der Waals surface area contributed by atoms with Crippen LogP contribution in [0.2, 0.25) is 0 Å². The van der Waals surface area contributed by atoms with Gasteiger partial charge in [0, 0.05) is 18.8 Å². The smallest absolute Gasteiger partial charge is 0.359 e. The minimum Gasteiger partial charge on any atom is -0.461 e. The highest BCUT2D eigenvalue weighted by atomic mass is 16.5. The quantitative estimate of drug-likeness (QED) is 0.743. The van der Waals surface area contributed by atoms with Crippen molar-refractivity contribution in [3.05, 3.63) is 17.5 Å². The van der Waals surface area contributed by atoms with Crippen LogP contribution < -0.4 is 0 Å². The van der Waals surface area contributed by atoms with Crippen molar-refractivity contribution in [1.29, 1.82) is 5.26 Å². The molecule has 90 valence electrons. The van der Waals surface area contributed by atoms with E-state index in [0.717, 1.165) is 19.3 Å². The Balaban J connectivity index is 2.41. The fourth-order valence-corrected chi connectivity index (χ4v) is 2.16. The number of carbonyl (C=O) groups excluding carboxylic acids is 1. The summed E-state index contributed by atoms with van der Waals surface area (Å²) in [6.45, 7) is 2.07. The van der Waals surface area contributed by atoms with Crippen LogP contribution in [0, 0.1) is 11.3 Å². The second kappa shape index (κ2) is 4.21. The zero-order chi connectivity index (χ0) is 12.5. The molecule has 0 radical (unpaired) electrons. The summed E-state index contributed by atoms with van der Waals surface area (Å²) in [5, 5.41) is 13.4. The van der Waals surface area contributed by atoms with E-state index in [2.05, 4.69) is 11.2 Å². The zero-order valence-electron chi connectivity index (χ0n) is 10.1. The molecule has 0 amide bonds. The number of nitrogens with zero attached hydrogens (tertiary/aromatic N) is 3. The summed E-state index contributed by atoms with van der Waals surface area (Å²) < 4.78 is 6.53. The van der Waals surface area contributed by atoms with Gasteiger partial charge in [-0.15, -0.1) is 0 Å². The lowest BCUT2D eigenvalue weighted by molar-refractivity contribution is 0.0514. The van der Waals surface area contributed by atoms with Gasteiger partial charge in [-0.25, -0.2) is 4.79 Å². The lowest BCUT2D eigenvalue weighted by atomic mass is 9.65. The normalized spacial score (nSPS) is 17.0. The van der Waals surface area contributed by atoms with E-state index in [9.17, 15) is 10.1 Å². The van der Waals surface area contributed by atoms with Gasteiger partial charge in [-0.05, 0) is 26.2 Å². The highest BCUT2D eigenvalue weighted by Gasteiger charge is 2.43. The van der Waals surface area contributed by atoms with Crippen molar-refractivity contribution in [3.63, 3.8) is 0 Å². The van der Waals surface area contributed by atoms with Gasteiger partial charge in [0.05, 0.1) is 18.1 Å². The first-order valence-electron chi connectivity index (χ1n) is 5.75. The van der Waals surface area contributed by atoms with Gasteiger partial charge < -0.3 is 4.74 Å². The highest BCUT2D eigenvalue weighted by Crippen LogP contribution is 2.44. The molecule has 17 heavy (non-hydrogen) atoms. The number of carbonyl (C=O) groups is 1. The first kappa shape index (κ1) is 11.6. The number of hydrogen-bond donors (Lipinski definition) is 0. The monoisotopic (exact) mass is 233 g/mol. The minimum atomic E-state index is -0.531. The van der Waals surface area contributed by atoms with Crippen molar-refractivity contribution in [3.8, 4) is 6.07 Å². The maximum Gasteiger partial charge on any atom is 0.359 e. The molecule has 1 aromatic heterocycles. The topological polar surface area (TPSA) is 67.9 Å². The molecule has 1 aliphatic rings. The molecule has 2 rings (SSSR count). The fraction of sp³-hybridized carbons (Fsp3) is 0.583. The molecule has 1 aromatic rings. The third kappa shape index (κ3) is 1.80. The maximum absolute atomic E-state index is 11.8. The highest BCUT2D eigenvalue weighted by molar-refractivity contribution is 5.89. The van der Waals surface area contributed by atoms with E-state index in [1.165, 1.54) is 0 Å². The van der Waals surface area contributed by atoms with Crippen LogP contribution in [0.4, 0.5) is 0 Å². The molecule has 1 heterocycles. The van der Waals surface area contributed by atoms with E-state index < -0.39 is 11.4 Å². The number of esters is 1. The Kier molecular flexibility index (Phi) is 2.88. The molecule has 0 atom stereocenters. The van der Waals surface area contributed by atoms with Gasteiger partial charge in [0.25, 0.3) is 0 Å². The van der Waals surface area contributed by atoms with Crippen LogP contribution in [0.1, 0.15) is 42.2 Å². The zero-order valence-corrected chi connectivity index (χ0v) is 10.1. The molecular weight excluding hydrogens is 218 g/mol. The van der Waals surface area contributed by atoms with Crippen LogP contribution in [0.5, 0.6) is 0 Å². The Morgan fingerprint density at radius 1 is 1.71 bits per heavy atom. The lowest BCUT2D eigenvalue weighted by Crippen LogP contribution is -2.33. The molecule has 0 saturated heterocycles. The SMILES string of the molecule is CCOC(=O)c1nn(C)cc1C1(C#N)CCC1. The predicted octanol–water partition coefficient (Wildman–Crippen LogP) is 1.54. The maximum atomic E-state index is 11.8. The average Bonchev–Trinajstić information content (AvgIpc) is 2.61. The van der Waals surface area contributed by atoms with Gasteiger partial charge in [0.2, 0.25) is 0 Å². The second-order valence-electron chi connectivity index (χ2n) is 4.33. The van der Waals surface area contributed by atoms with Crippen LogP contribution in [-0.2, 0) is 17.2 Å². The fourth-order valence-electron chi connectivity index (χ4n) is 2.16.